The SMILES string of the molecule is CCCCCCCC1CCC2CC(c3ccc(-c4ccc(OC(F)F)cc4)cc3)CCC2C1. The van der Waals surface area contributed by atoms with Crippen molar-refractivity contribution in [2.75, 3.05) is 0 Å². The van der Waals surface area contributed by atoms with Crippen LogP contribution in [0.5, 0.6) is 5.75 Å². The van der Waals surface area contributed by atoms with Gasteiger partial charge in [-0.3, -0.25) is 0 Å². The molecule has 4 rings (SSSR count). The van der Waals surface area contributed by atoms with Crippen molar-refractivity contribution in [1.82, 2.24) is 0 Å². The predicted octanol–water partition coefficient (Wildman–Crippen LogP) is 9.62. The third kappa shape index (κ3) is 6.80. The molecule has 3 heteroatoms. The Bertz CT molecular complexity index is 829. The van der Waals surface area contributed by atoms with Crippen LogP contribution in [-0.2, 0) is 0 Å². The maximum atomic E-state index is 12.4. The number of ether oxygens (including phenoxy) is 1. The van der Waals surface area contributed by atoms with Gasteiger partial charge in [0.15, 0.2) is 0 Å². The molecule has 2 aliphatic carbocycles. The van der Waals surface area contributed by atoms with Crippen LogP contribution in [0, 0.1) is 17.8 Å². The van der Waals surface area contributed by atoms with Crippen LogP contribution in [0.1, 0.15) is 95.5 Å². The van der Waals surface area contributed by atoms with Crippen molar-refractivity contribution in [2.24, 2.45) is 17.8 Å². The van der Waals surface area contributed by atoms with Gasteiger partial charge in [0.25, 0.3) is 0 Å². The van der Waals surface area contributed by atoms with E-state index in [9.17, 15) is 8.78 Å². The molecule has 2 aromatic carbocycles. The first-order valence-electron chi connectivity index (χ1n) is 13.3. The minimum atomic E-state index is -2.78. The van der Waals surface area contributed by atoms with E-state index < -0.39 is 6.61 Å². The molecule has 2 fully saturated rings. The number of alkyl halides is 2. The second-order valence-corrected chi connectivity index (χ2v) is 10.4. The highest BCUT2D eigenvalue weighted by molar-refractivity contribution is 5.64. The fourth-order valence-corrected chi connectivity index (χ4v) is 6.36. The Balaban J connectivity index is 1.27. The Hall–Kier alpha value is -1.90. The summed E-state index contributed by atoms with van der Waals surface area (Å²) in [4.78, 5) is 0. The van der Waals surface area contributed by atoms with Gasteiger partial charge in [-0.15, -0.1) is 0 Å². The molecule has 0 bridgehead atoms. The molecule has 2 aliphatic rings. The van der Waals surface area contributed by atoms with Crippen molar-refractivity contribution in [1.29, 1.82) is 0 Å². The number of halogens is 2. The molecular weight excluding hydrogens is 414 g/mol. The van der Waals surface area contributed by atoms with Gasteiger partial charge in [0.2, 0.25) is 0 Å². The van der Waals surface area contributed by atoms with Crippen LogP contribution in [-0.4, -0.2) is 6.61 Å². The minimum Gasteiger partial charge on any atom is -0.435 e. The van der Waals surface area contributed by atoms with E-state index in [0.29, 0.717) is 5.92 Å². The normalized spacial score (nSPS) is 25.1. The van der Waals surface area contributed by atoms with Crippen molar-refractivity contribution in [3.8, 4) is 16.9 Å². The van der Waals surface area contributed by atoms with Gasteiger partial charge in [0.05, 0.1) is 0 Å². The van der Waals surface area contributed by atoms with Gasteiger partial charge >= 0.3 is 6.61 Å². The number of hydrogen-bond donors (Lipinski definition) is 0. The van der Waals surface area contributed by atoms with Crippen molar-refractivity contribution in [3.05, 3.63) is 54.1 Å². The highest BCUT2D eigenvalue weighted by Gasteiger charge is 2.35. The number of benzene rings is 2. The summed E-state index contributed by atoms with van der Waals surface area (Å²) in [5.74, 6) is 3.76. The van der Waals surface area contributed by atoms with Crippen molar-refractivity contribution < 1.29 is 13.5 Å². The number of fused-ring (bicyclic) bond motifs is 1. The standard InChI is InChI=1S/C30H40F2O/c1-2-3-4-5-6-7-22-8-9-28-21-27(15-14-26(28)20-22)25-12-10-23(11-13-25)24-16-18-29(19-17-24)33-30(31)32/h10-13,16-19,22,26-28,30H,2-9,14-15,20-21H2,1H3. The summed E-state index contributed by atoms with van der Waals surface area (Å²) in [7, 11) is 0. The Morgan fingerprint density at radius 2 is 1.39 bits per heavy atom. The summed E-state index contributed by atoms with van der Waals surface area (Å²) in [5.41, 5.74) is 3.61. The summed E-state index contributed by atoms with van der Waals surface area (Å²) in [6.07, 6.45) is 17.0. The first kappa shape index (κ1) is 24.2. The quantitative estimate of drug-likeness (QED) is 0.325. The fourth-order valence-electron chi connectivity index (χ4n) is 6.36. The van der Waals surface area contributed by atoms with Crippen LogP contribution >= 0.6 is 0 Å². The van der Waals surface area contributed by atoms with Gasteiger partial charge in [-0.2, -0.15) is 8.78 Å². The molecule has 0 aromatic heterocycles. The van der Waals surface area contributed by atoms with Crippen LogP contribution in [0.4, 0.5) is 8.78 Å². The van der Waals surface area contributed by atoms with E-state index in [4.69, 9.17) is 0 Å². The monoisotopic (exact) mass is 454 g/mol. The molecule has 4 unspecified atom stereocenters. The lowest BCUT2D eigenvalue weighted by molar-refractivity contribution is -0.0498. The van der Waals surface area contributed by atoms with Crippen LogP contribution in [0.25, 0.3) is 11.1 Å². The highest BCUT2D eigenvalue weighted by atomic mass is 19.3. The maximum absolute atomic E-state index is 12.4. The molecule has 0 spiro atoms. The molecule has 0 aliphatic heterocycles. The molecule has 4 atom stereocenters. The van der Waals surface area contributed by atoms with Crippen LogP contribution in [0.15, 0.2) is 48.5 Å². The summed E-state index contributed by atoms with van der Waals surface area (Å²) < 4.78 is 29.2. The smallest absolute Gasteiger partial charge is 0.387 e. The maximum Gasteiger partial charge on any atom is 0.387 e. The predicted molar refractivity (Wildman–Crippen MR) is 133 cm³/mol. The summed E-state index contributed by atoms with van der Waals surface area (Å²) in [6, 6.07) is 15.8. The first-order chi connectivity index (χ1) is 16.1. The Labute approximate surface area is 198 Å². The Morgan fingerprint density at radius 1 is 0.758 bits per heavy atom. The fraction of sp³-hybridized carbons (Fsp3) is 0.600. The molecule has 2 aromatic rings. The van der Waals surface area contributed by atoms with Crippen LogP contribution in [0.3, 0.4) is 0 Å². The average Bonchev–Trinajstić information content (AvgIpc) is 2.84. The lowest BCUT2D eigenvalue weighted by atomic mass is 9.63. The van der Waals surface area contributed by atoms with Gasteiger partial charge < -0.3 is 4.74 Å². The molecule has 0 radical (unpaired) electrons. The second kappa shape index (κ2) is 12.0. The van der Waals surface area contributed by atoms with Gasteiger partial charge in [-0.05, 0) is 84.6 Å². The Morgan fingerprint density at radius 3 is 2.09 bits per heavy atom. The number of unbranched alkanes of at least 4 members (excludes halogenated alkanes) is 4. The zero-order chi connectivity index (χ0) is 23.0. The van der Waals surface area contributed by atoms with E-state index in [1.54, 1.807) is 12.1 Å². The van der Waals surface area contributed by atoms with E-state index in [2.05, 4.69) is 35.9 Å². The first-order valence-corrected chi connectivity index (χ1v) is 13.3. The van der Waals surface area contributed by atoms with Crippen LogP contribution in [0.2, 0.25) is 0 Å². The van der Waals surface area contributed by atoms with Crippen molar-refractivity contribution in [2.45, 2.75) is 96.5 Å². The Kier molecular flexibility index (Phi) is 8.81. The summed E-state index contributed by atoms with van der Waals surface area (Å²) >= 11 is 0. The van der Waals surface area contributed by atoms with E-state index >= 15 is 0 Å². The molecular formula is C30H40F2O. The molecule has 2 saturated carbocycles. The van der Waals surface area contributed by atoms with E-state index in [-0.39, 0.29) is 5.75 Å². The molecule has 0 N–H and O–H groups in total. The molecule has 180 valence electrons. The summed E-state index contributed by atoms with van der Waals surface area (Å²) in [6.45, 7) is -0.489. The number of rotatable bonds is 10. The van der Waals surface area contributed by atoms with Gasteiger partial charge in [0, 0.05) is 0 Å². The third-order valence-electron chi connectivity index (χ3n) is 8.23. The lowest BCUT2D eigenvalue weighted by Gasteiger charge is -2.42. The lowest BCUT2D eigenvalue weighted by Crippen LogP contribution is -2.30. The molecule has 33 heavy (non-hydrogen) atoms. The largest absolute Gasteiger partial charge is 0.435 e. The van der Waals surface area contributed by atoms with E-state index in [1.807, 2.05) is 12.1 Å². The van der Waals surface area contributed by atoms with Crippen molar-refractivity contribution >= 4 is 0 Å². The third-order valence-corrected chi connectivity index (χ3v) is 8.23. The van der Waals surface area contributed by atoms with E-state index in [0.717, 1.165) is 28.9 Å². The average molecular weight is 455 g/mol. The molecule has 0 heterocycles. The van der Waals surface area contributed by atoms with Gasteiger partial charge in [-0.1, -0.05) is 88.3 Å². The van der Waals surface area contributed by atoms with Crippen LogP contribution < -0.4 is 4.74 Å². The molecule has 0 saturated heterocycles. The molecule has 0 amide bonds. The topological polar surface area (TPSA) is 9.23 Å². The van der Waals surface area contributed by atoms with E-state index in [1.165, 1.54) is 82.6 Å². The minimum absolute atomic E-state index is 0.202. The number of hydrogen-bond acceptors (Lipinski definition) is 1. The summed E-state index contributed by atoms with van der Waals surface area (Å²) in [5, 5.41) is 0. The zero-order valence-corrected chi connectivity index (χ0v) is 20.2. The second-order valence-electron chi connectivity index (χ2n) is 10.4. The van der Waals surface area contributed by atoms with Crippen molar-refractivity contribution in [3.63, 3.8) is 0 Å². The zero-order valence-electron chi connectivity index (χ0n) is 20.2. The molecule has 1 nitrogen and oxygen atoms in total. The highest BCUT2D eigenvalue weighted by Crippen LogP contribution is 2.48. The van der Waals surface area contributed by atoms with Gasteiger partial charge in [-0.25, -0.2) is 0 Å². The van der Waals surface area contributed by atoms with Gasteiger partial charge in [0.1, 0.15) is 5.75 Å².